The van der Waals surface area contributed by atoms with E-state index in [1.165, 1.54) is 10.6 Å². The van der Waals surface area contributed by atoms with Crippen LogP contribution in [0, 0.1) is 5.41 Å². The van der Waals surface area contributed by atoms with Crippen molar-refractivity contribution in [3.63, 3.8) is 0 Å². The predicted octanol–water partition coefficient (Wildman–Crippen LogP) is 2.85. The Hall–Kier alpha value is -3.46. The first-order valence-electron chi connectivity index (χ1n) is 11.6. The highest BCUT2D eigenvalue weighted by Crippen LogP contribution is 2.39. The van der Waals surface area contributed by atoms with Crippen LogP contribution in [0.2, 0.25) is 5.02 Å². The number of aromatic nitrogens is 5. The smallest absolute Gasteiger partial charge is 0.275 e. The van der Waals surface area contributed by atoms with E-state index in [-0.39, 0.29) is 26.9 Å². The Morgan fingerprint density at radius 2 is 2.05 bits per heavy atom. The Kier molecular flexibility index (Phi) is 7.13. The summed E-state index contributed by atoms with van der Waals surface area (Å²) in [5, 5.41) is 23.5. The first-order chi connectivity index (χ1) is 18.2. The van der Waals surface area contributed by atoms with Gasteiger partial charge in [-0.05, 0) is 36.9 Å². The number of carbonyl (C=O) groups excluding carboxylic acids is 1. The van der Waals surface area contributed by atoms with E-state index in [0.717, 1.165) is 49.0 Å². The average molecular weight is 574 g/mol. The summed E-state index contributed by atoms with van der Waals surface area (Å²) in [5.74, 6) is -0.847. The van der Waals surface area contributed by atoms with Crippen molar-refractivity contribution >= 4 is 63.0 Å². The minimum atomic E-state index is -0.845. The van der Waals surface area contributed by atoms with Gasteiger partial charge in [-0.2, -0.15) is 9.97 Å². The Morgan fingerprint density at radius 1 is 1.29 bits per heavy atom. The highest BCUT2D eigenvalue weighted by Gasteiger charge is 2.30. The maximum absolute atomic E-state index is 12.9. The van der Waals surface area contributed by atoms with Crippen LogP contribution < -0.4 is 27.2 Å². The SMILES string of the molecule is CC1(CN)CCN(c2nnc(Sc3cccc(NC(=O)c4c(O)nc5sccn5c4=O)c3Cl)c(N)n2)CC1. The molecule has 1 saturated heterocycles. The number of hydrogen-bond acceptors (Lipinski definition) is 12. The second kappa shape index (κ2) is 10.4. The summed E-state index contributed by atoms with van der Waals surface area (Å²) in [6.07, 6.45) is 3.33. The van der Waals surface area contributed by atoms with E-state index in [1.54, 1.807) is 23.6 Å². The molecule has 15 heteroatoms. The van der Waals surface area contributed by atoms with Crippen molar-refractivity contribution in [1.82, 2.24) is 24.6 Å². The number of amides is 1. The van der Waals surface area contributed by atoms with Crippen LogP contribution in [0.1, 0.15) is 30.1 Å². The van der Waals surface area contributed by atoms with Crippen molar-refractivity contribution in [1.29, 1.82) is 0 Å². The molecule has 0 radical (unpaired) electrons. The fourth-order valence-electron chi connectivity index (χ4n) is 4.02. The monoisotopic (exact) mass is 573 g/mol. The van der Waals surface area contributed by atoms with E-state index in [2.05, 4.69) is 32.4 Å². The topological polar surface area (TPSA) is 178 Å². The number of nitrogens with zero attached hydrogens (tertiary/aromatic N) is 6. The number of nitrogen functional groups attached to an aromatic ring is 1. The van der Waals surface area contributed by atoms with Gasteiger partial charge in [-0.25, -0.2) is 0 Å². The van der Waals surface area contributed by atoms with E-state index < -0.39 is 22.9 Å². The van der Waals surface area contributed by atoms with Crippen LogP contribution in [0.15, 0.2) is 44.5 Å². The normalized spacial score (nSPS) is 15.1. The molecule has 0 spiro atoms. The lowest BCUT2D eigenvalue weighted by Gasteiger charge is -2.38. The van der Waals surface area contributed by atoms with Gasteiger partial charge in [-0.15, -0.1) is 21.5 Å². The molecule has 38 heavy (non-hydrogen) atoms. The number of hydrogen-bond donors (Lipinski definition) is 4. The highest BCUT2D eigenvalue weighted by molar-refractivity contribution is 7.99. The zero-order valence-electron chi connectivity index (χ0n) is 20.2. The van der Waals surface area contributed by atoms with Crippen molar-refractivity contribution in [3.8, 4) is 5.88 Å². The third-order valence-corrected chi connectivity index (χ3v) is 8.83. The molecule has 4 heterocycles. The molecule has 0 aliphatic carbocycles. The van der Waals surface area contributed by atoms with Gasteiger partial charge in [0.25, 0.3) is 11.5 Å². The third-order valence-electron chi connectivity index (χ3n) is 6.51. The molecule has 6 N–H and O–H groups in total. The van der Waals surface area contributed by atoms with E-state index >= 15 is 0 Å². The van der Waals surface area contributed by atoms with Crippen LogP contribution in [-0.4, -0.2) is 55.2 Å². The Morgan fingerprint density at radius 3 is 2.76 bits per heavy atom. The lowest BCUT2D eigenvalue weighted by molar-refractivity contribution is 0.102. The number of anilines is 3. The number of carbonyl (C=O) groups is 1. The largest absolute Gasteiger partial charge is 0.492 e. The number of benzene rings is 1. The molecule has 0 saturated carbocycles. The summed E-state index contributed by atoms with van der Waals surface area (Å²) in [4.78, 5) is 36.8. The van der Waals surface area contributed by atoms with Crippen molar-refractivity contribution in [2.45, 2.75) is 29.7 Å². The van der Waals surface area contributed by atoms with Gasteiger partial charge in [0, 0.05) is 29.6 Å². The van der Waals surface area contributed by atoms with Crippen LogP contribution in [0.5, 0.6) is 5.88 Å². The number of halogens is 1. The molecule has 1 aliphatic rings. The molecule has 0 unspecified atom stereocenters. The van der Waals surface area contributed by atoms with Gasteiger partial charge in [0.2, 0.25) is 11.8 Å². The quantitative estimate of drug-likeness (QED) is 0.266. The molecule has 12 nitrogen and oxygen atoms in total. The predicted molar refractivity (Wildman–Crippen MR) is 147 cm³/mol. The van der Waals surface area contributed by atoms with Crippen molar-refractivity contribution in [3.05, 3.63) is 50.7 Å². The summed E-state index contributed by atoms with van der Waals surface area (Å²) in [7, 11) is 0. The molecular weight excluding hydrogens is 550 g/mol. The number of nitrogens with one attached hydrogen (secondary N) is 1. The van der Waals surface area contributed by atoms with Crippen LogP contribution in [0.3, 0.4) is 0 Å². The Labute approximate surface area is 230 Å². The van der Waals surface area contributed by atoms with Gasteiger partial charge in [0.1, 0.15) is 0 Å². The zero-order chi connectivity index (χ0) is 27.0. The molecule has 0 atom stereocenters. The fourth-order valence-corrected chi connectivity index (χ4v) is 5.80. The lowest BCUT2D eigenvalue weighted by Crippen LogP contribution is -2.43. The second-order valence-electron chi connectivity index (χ2n) is 9.15. The van der Waals surface area contributed by atoms with Crippen LogP contribution in [0.4, 0.5) is 17.5 Å². The molecule has 198 valence electrons. The van der Waals surface area contributed by atoms with Gasteiger partial charge < -0.3 is 26.8 Å². The molecule has 0 bridgehead atoms. The van der Waals surface area contributed by atoms with Crippen molar-refractivity contribution in [2.24, 2.45) is 11.1 Å². The first kappa shape index (κ1) is 26.2. The van der Waals surface area contributed by atoms with Gasteiger partial charge in [0.05, 0.1) is 10.7 Å². The van der Waals surface area contributed by atoms with E-state index in [0.29, 0.717) is 22.4 Å². The standard InChI is InChI=1S/C23H24ClN9O3S2/c1-23(11-25)5-7-32(8-6-23)21-28-16(26)19(30-31-21)38-13-4-2-3-12(15(13)24)27-17(34)14-18(35)29-22-33(20(14)36)9-10-37-22/h2-4,9-10,35H,5-8,11,25H2,1H3,(H,27,34)(H2,26,28,31). The van der Waals surface area contributed by atoms with Gasteiger partial charge in [-0.1, -0.05) is 36.4 Å². The number of thiazole rings is 1. The zero-order valence-corrected chi connectivity index (χ0v) is 22.6. The molecule has 1 aromatic carbocycles. The summed E-state index contributed by atoms with van der Waals surface area (Å²) < 4.78 is 1.19. The lowest BCUT2D eigenvalue weighted by atomic mass is 9.81. The Balaban J connectivity index is 1.33. The van der Waals surface area contributed by atoms with E-state index in [1.807, 2.05) is 4.90 Å². The van der Waals surface area contributed by atoms with Crippen LogP contribution in [-0.2, 0) is 0 Å². The maximum Gasteiger partial charge on any atom is 0.275 e. The van der Waals surface area contributed by atoms with Crippen LogP contribution in [0.25, 0.3) is 4.96 Å². The average Bonchev–Trinajstić information content (AvgIpc) is 3.37. The minimum absolute atomic E-state index is 0.114. The van der Waals surface area contributed by atoms with Crippen molar-refractivity contribution in [2.75, 3.05) is 35.6 Å². The highest BCUT2D eigenvalue weighted by atomic mass is 35.5. The summed E-state index contributed by atoms with van der Waals surface area (Å²) in [5.41, 5.74) is 11.3. The maximum atomic E-state index is 12.9. The Bertz CT molecular complexity index is 1580. The van der Waals surface area contributed by atoms with Gasteiger partial charge >= 0.3 is 0 Å². The third kappa shape index (κ3) is 4.99. The summed E-state index contributed by atoms with van der Waals surface area (Å²) >= 11 is 8.87. The molecule has 5 rings (SSSR count). The number of nitrogens with two attached hydrogens (primary N) is 2. The van der Waals surface area contributed by atoms with Gasteiger partial charge in [0.15, 0.2) is 21.4 Å². The number of piperidine rings is 1. The van der Waals surface area contributed by atoms with E-state index in [9.17, 15) is 14.7 Å². The molecule has 1 fully saturated rings. The molecule has 1 aliphatic heterocycles. The molecule has 3 aromatic heterocycles. The molecule has 4 aromatic rings. The minimum Gasteiger partial charge on any atom is -0.492 e. The van der Waals surface area contributed by atoms with Crippen molar-refractivity contribution < 1.29 is 9.90 Å². The summed E-state index contributed by atoms with van der Waals surface area (Å²) in [6, 6.07) is 4.96. The first-order valence-corrected chi connectivity index (χ1v) is 13.7. The van der Waals surface area contributed by atoms with Gasteiger partial charge in [-0.3, -0.25) is 14.0 Å². The van der Waals surface area contributed by atoms with Crippen LogP contribution >= 0.6 is 34.7 Å². The summed E-state index contributed by atoms with van der Waals surface area (Å²) in [6.45, 7) is 4.35. The number of rotatable bonds is 6. The number of aromatic hydroxyl groups is 1. The molecule has 1 amide bonds. The number of fused-ring (bicyclic) bond motifs is 1. The fraction of sp³-hybridized carbons (Fsp3) is 0.304. The molecular formula is C23H24ClN9O3S2. The second-order valence-corrected chi connectivity index (χ2v) is 11.4. The van der Waals surface area contributed by atoms with E-state index in [4.69, 9.17) is 23.1 Å².